The molecule has 134 valence electrons. The summed E-state index contributed by atoms with van der Waals surface area (Å²) in [5.74, 6) is 0.516. The molecule has 0 aliphatic heterocycles. The predicted octanol–water partition coefficient (Wildman–Crippen LogP) is 5.93. The van der Waals surface area contributed by atoms with Crippen LogP contribution in [-0.4, -0.2) is 16.9 Å². The van der Waals surface area contributed by atoms with Crippen molar-refractivity contribution in [1.29, 1.82) is 0 Å². The number of aromatic nitrogens is 1. The molecule has 1 saturated carbocycles. The maximum absolute atomic E-state index is 13.1. The Morgan fingerprint density at radius 2 is 2.00 bits per heavy atom. The largest absolute Gasteiger partial charge is 0.349 e. The van der Waals surface area contributed by atoms with Crippen molar-refractivity contribution < 1.29 is 4.79 Å². The summed E-state index contributed by atoms with van der Waals surface area (Å²) in [6.45, 7) is 2.23. The van der Waals surface area contributed by atoms with Gasteiger partial charge in [-0.15, -0.1) is 11.3 Å². The van der Waals surface area contributed by atoms with Gasteiger partial charge < -0.3 is 5.32 Å². The maximum atomic E-state index is 13.1. The van der Waals surface area contributed by atoms with Gasteiger partial charge in [0, 0.05) is 11.4 Å². The maximum Gasteiger partial charge on any atom is 0.252 e. The fourth-order valence-corrected chi connectivity index (χ4v) is 4.72. The van der Waals surface area contributed by atoms with E-state index < -0.39 is 0 Å². The molecule has 0 radical (unpaired) electrons. The Hall–Kier alpha value is -1.91. The molecule has 1 fully saturated rings. The van der Waals surface area contributed by atoms with E-state index in [2.05, 4.69) is 12.2 Å². The van der Waals surface area contributed by atoms with Crippen LogP contribution in [0.4, 0.5) is 0 Å². The SMILES string of the molecule is C[C@H]1CCCC[C@H]1NC(=O)c1cc(-c2ccc(Cl)s2)nc2ccccc12. The van der Waals surface area contributed by atoms with E-state index in [1.165, 1.54) is 30.6 Å². The van der Waals surface area contributed by atoms with Crippen LogP contribution in [0, 0.1) is 5.92 Å². The number of carbonyl (C=O) groups is 1. The second-order valence-corrected chi connectivity index (χ2v) is 8.73. The second kappa shape index (κ2) is 7.37. The first-order chi connectivity index (χ1) is 12.6. The number of benzene rings is 1. The van der Waals surface area contributed by atoms with Gasteiger partial charge in [-0.1, -0.05) is 49.6 Å². The first-order valence-electron chi connectivity index (χ1n) is 9.08. The number of pyridine rings is 1. The van der Waals surface area contributed by atoms with Crippen LogP contribution in [0.2, 0.25) is 4.34 Å². The minimum Gasteiger partial charge on any atom is -0.349 e. The Morgan fingerprint density at radius 3 is 2.77 bits per heavy atom. The summed E-state index contributed by atoms with van der Waals surface area (Å²) in [7, 11) is 0. The summed E-state index contributed by atoms with van der Waals surface area (Å²) in [6.07, 6.45) is 4.69. The molecule has 0 bridgehead atoms. The van der Waals surface area contributed by atoms with Gasteiger partial charge in [0.15, 0.2) is 0 Å². The van der Waals surface area contributed by atoms with Gasteiger partial charge in [0.1, 0.15) is 0 Å². The number of thiophene rings is 1. The molecule has 1 amide bonds. The lowest BCUT2D eigenvalue weighted by Gasteiger charge is -2.29. The number of rotatable bonds is 3. The highest BCUT2D eigenvalue weighted by Gasteiger charge is 2.24. The lowest BCUT2D eigenvalue weighted by Crippen LogP contribution is -2.41. The molecular weight excluding hydrogens is 364 g/mol. The minimum atomic E-state index is -0.00810. The van der Waals surface area contributed by atoms with E-state index >= 15 is 0 Å². The van der Waals surface area contributed by atoms with Crippen molar-refractivity contribution in [3.05, 3.63) is 52.4 Å². The monoisotopic (exact) mass is 384 g/mol. The van der Waals surface area contributed by atoms with Crippen molar-refractivity contribution in [2.75, 3.05) is 0 Å². The van der Waals surface area contributed by atoms with Crippen LogP contribution in [0.3, 0.4) is 0 Å². The third-order valence-corrected chi connectivity index (χ3v) is 6.47. The zero-order chi connectivity index (χ0) is 18.1. The third-order valence-electron chi connectivity index (χ3n) is 5.21. The summed E-state index contributed by atoms with van der Waals surface area (Å²) < 4.78 is 0.719. The van der Waals surface area contributed by atoms with Crippen molar-refractivity contribution in [3.8, 4) is 10.6 Å². The molecule has 4 rings (SSSR count). The van der Waals surface area contributed by atoms with Gasteiger partial charge in [-0.3, -0.25) is 4.79 Å². The fraction of sp³-hybridized carbons (Fsp3) is 0.333. The van der Waals surface area contributed by atoms with Gasteiger partial charge in [0.05, 0.1) is 26.0 Å². The zero-order valence-corrected chi connectivity index (χ0v) is 16.2. The third kappa shape index (κ3) is 3.49. The molecular formula is C21H21ClN2OS. The zero-order valence-electron chi connectivity index (χ0n) is 14.7. The molecule has 2 aromatic heterocycles. The van der Waals surface area contributed by atoms with Gasteiger partial charge in [0.2, 0.25) is 0 Å². The number of para-hydroxylation sites is 1. The van der Waals surface area contributed by atoms with Crippen LogP contribution in [0.5, 0.6) is 0 Å². The molecule has 1 aromatic carbocycles. The number of hydrogen-bond acceptors (Lipinski definition) is 3. The molecule has 3 aromatic rings. The van der Waals surface area contributed by atoms with E-state index in [4.69, 9.17) is 16.6 Å². The average Bonchev–Trinajstić information content (AvgIpc) is 3.09. The summed E-state index contributed by atoms with van der Waals surface area (Å²) >= 11 is 7.56. The van der Waals surface area contributed by atoms with Gasteiger partial charge in [0.25, 0.3) is 5.91 Å². The number of nitrogens with zero attached hydrogens (tertiary/aromatic N) is 1. The molecule has 0 saturated heterocycles. The summed E-state index contributed by atoms with van der Waals surface area (Å²) in [4.78, 5) is 18.8. The topological polar surface area (TPSA) is 42.0 Å². The van der Waals surface area contributed by atoms with Gasteiger partial charge in [-0.05, 0) is 43.0 Å². The van der Waals surface area contributed by atoms with Gasteiger partial charge in [-0.2, -0.15) is 0 Å². The molecule has 2 heterocycles. The van der Waals surface area contributed by atoms with E-state index in [0.717, 1.165) is 32.2 Å². The molecule has 5 heteroatoms. The van der Waals surface area contributed by atoms with Crippen LogP contribution in [-0.2, 0) is 0 Å². The number of fused-ring (bicyclic) bond motifs is 1. The standard InChI is InChI=1S/C21H21ClN2OS/c1-13-6-2-4-8-16(13)24-21(25)15-12-18(19-10-11-20(22)26-19)23-17-9-5-3-7-14(15)17/h3,5,7,9-13,16H,2,4,6,8H2,1H3,(H,24,25)/t13-,16+/m0/s1. The smallest absolute Gasteiger partial charge is 0.252 e. The molecule has 0 unspecified atom stereocenters. The quantitative estimate of drug-likeness (QED) is 0.608. The molecule has 0 spiro atoms. The molecule has 3 nitrogen and oxygen atoms in total. The van der Waals surface area contributed by atoms with Gasteiger partial charge in [-0.25, -0.2) is 4.98 Å². The lowest BCUT2D eigenvalue weighted by molar-refractivity contribution is 0.0912. The lowest BCUT2D eigenvalue weighted by atomic mass is 9.86. The number of amides is 1. The van der Waals surface area contributed by atoms with E-state index in [1.807, 2.05) is 42.5 Å². The highest BCUT2D eigenvalue weighted by atomic mass is 35.5. The van der Waals surface area contributed by atoms with Crippen LogP contribution < -0.4 is 5.32 Å². The normalized spacial score (nSPS) is 20.2. The summed E-state index contributed by atoms with van der Waals surface area (Å²) in [5, 5.41) is 4.16. The predicted molar refractivity (Wildman–Crippen MR) is 109 cm³/mol. The summed E-state index contributed by atoms with van der Waals surface area (Å²) in [5.41, 5.74) is 2.31. The van der Waals surface area contributed by atoms with E-state index in [1.54, 1.807) is 0 Å². The first kappa shape index (κ1) is 17.5. The Bertz CT molecular complexity index is 952. The van der Waals surface area contributed by atoms with E-state index in [9.17, 15) is 4.79 Å². The Labute approximate surface area is 162 Å². The van der Waals surface area contributed by atoms with E-state index in [-0.39, 0.29) is 11.9 Å². The summed E-state index contributed by atoms with van der Waals surface area (Å²) in [6, 6.07) is 13.8. The minimum absolute atomic E-state index is 0.00810. The van der Waals surface area contributed by atoms with E-state index in [0.29, 0.717) is 11.5 Å². The van der Waals surface area contributed by atoms with Crippen molar-refractivity contribution >= 4 is 39.7 Å². The molecule has 1 aliphatic rings. The highest BCUT2D eigenvalue weighted by molar-refractivity contribution is 7.19. The molecule has 1 aliphatic carbocycles. The number of carbonyl (C=O) groups excluding carboxylic acids is 1. The average molecular weight is 385 g/mol. The first-order valence-corrected chi connectivity index (χ1v) is 10.3. The molecule has 2 atom stereocenters. The molecule has 26 heavy (non-hydrogen) atoms. The fourth-order valence-electron chi connectivity index (χ4n) is 3.72. The number of hydrogen-bond donors (Lipinski definition) is 1. The second-order valence-electron chi connectivity index (χ2n) is 7.02. The Balaban J connectivity index is 1.73. The van der Waals surface area contributed by atoms with Crippen molar-refractivity contribution in [3.63, 3.8) is 0 Å². The number of nitrogens with one attached hydrogen (secondary N) is 1. The van der Waals surface area contributed by atoms with Crippen LogP contribution >= 0.6 is 22.9 Å². The van der Waals surface area contributed by atoms with Crippen LogP contribution in [0.25, 0.3) is 21.5 Å². The number of halogens is 1. The van der Waals surface area contributed by atoms with Crippen LogP contribution in [0.1, 0.15) is 43.0 Å². The van der Waals surface area contributed by atoms with Crippen molar-refractivity contribution in [2.24, 2.45) is 5.92 Å². The van der Waals surface area contributed by atoms with Crippen LogP contribution in [0.15, 0.2) is 42.5 Å². The Morgan fingerprint density at radius 1 is 1.19 bits per heavy atom. The van der Waals surface area contributed by atoms with Gasteiger partial charge >= 0.3 is 0 Å². The Kier molecular flexibility index (Phi) is 4.96. The highest BCUT2D eigenvalue weighted by Crippen LogP contribution is 2.32. The van der Waals surface area contributed by atoms with Crippen molar-refractivity contribution in [2.45, 2.75) is 38.6 Å². The van der Waals surface area contributed by atoms with Crippen molar-refractivity contribution in [1.82, 2.24) is 10.3 Å². The molecule has 1 N–H and O–H groups in total.